The molecule has 3 nitrogen and oxygen atoms in total. The smallest absolute Gasteiger partial charge is 0.313 e. The minimum atomic E-state index is -0.109. The molecule has 0 radical (unpaired) electrons. The SMILES string of the molecule is CCCCCCCC1CCC(c2ccc(OC)cc2)C(=O)O1. The molecule has 22 heavy (non-hydrogen) atoms. The number of hydrogen-bond acceptors (Lipinski definition) is 3. The fourth-order valence-electron chi connectivity index (χ4n) is 3.09. The van der Waals surface area contributed by atoms with Crippen molar-refractivity contribution in [2.24, 2.45) is 0 Å². The van der Waals surface area contributed by atoms with Gasteiger partial charge in [-0.3, -0.25) is 4.79 Å². The highest BCUT2D eigenvalue weighted by Gasteiger charge is 2.30. The minimum absolute atomic E-state index is 0.0602. The molecule has 122 valence electrons. The van der Waals surface area contributed by atoms with Gasteiger partial charge in [0.05, 0.1) is 13.0 Å². The van der Waals surface area contributed by atoms with Crippen LogP contribution in [0.2, 0.25) is 0 Å². The summed E-state index contributed by atoms with van der Waals surface area (Å²) in [6.45, 7) is 2.22. The average molecular weight is 304 g/mol. The Hall–Kier alpha value is -1.51. The Bertz CT molecular complexity index is 452. The van der Waals surface area contributed by atoms with Gasteiger partial charge < -0.3 is 9.47 Å². The molecule has 0 spiro atoms. The van der Waals surface area contributed by atoms with Crippen LogP contribution in [0.5, 0.6) is 5.75 Å². The van der Waals surface area contributed by atoms with Gasteiger partial charge in [0, 0.05) is 0 Å². The largest absolute Gasteiger partial charge is 0.497 e. The Morgan fingerprint density at radius 1 is 1.09 bits per heavy atom. The molecule has 1 aromatic carbocycles. The van der Waals surface area contributed by atoms with Gasteiger partial charge in [-0.05, 0) is 43.4 Å². The van der Waals surface area contributed by atoms with Crippen LogP contribution in [0, 0.1) is 0 Å². The summed E-state index contributed by atoms with van der Waals surface area (Å²) in [5.74, 6) is 0.648. The molecule has 0 bridgehead atoms. The zero-order chi connectivity index (χ0) is 15.8. The minimum Gasteiger partial charge on any atom is -0.497 e. The summed E-state index contributed by atoms with van der Waals surface area (Å²) in [7, 11) is 1.65. The normalized spacial score (nSPS) is 21.5. The Kier molecular flexibility index (Phi) is 6.75. The van der Waals surface area contributed by atoms with E-state index in [0.29, 0.717) is 0 Å². The van der Waals surface area contributed by atoms with Crippen LogP contribution >= 0.6 is 0 Å². The summed E-state index contributed by atoms with van der Waals surface area (Å²) in [5.41, 5.74) is 1.03. The van der Waals surface area contributed by atoms with Gasteiger partial charge in [-0.25, -0.2) is 0 Å². The third-order valence-electron chi connectivity index (χ3n) is 4.49. The van der Waals surface area contributed by atoms with Crippen LogP contribution in [-0.2, 0) is 9.53 Å². The number of cyclic esters (lactones) is 1. The second-order valence-electron chi connectivity index (χ2n) is 6.16. The summed E-state index contributed by atoms with van der Waals surface area (Å²) in [6.07, 6.45) is 9.32. The number of hydrogen-bond donors (Lipinski definition) is 0. The number of methoxy groups -OCH3 is 1. The molecule has 0 N–H and O–H groups in total. The van der Waals surface area contributed by atoms with E-state index in [1.807, 2.05) is 24.3 Å². The zero-order valence-electron chi connectivity index (χ0n) is 13.8. The molecule has 0 aromatic heterocycles. The third kappa shape index (κ3) is 4.75. The molecule has 1 fully saturated rings. The number of benzene rings is 1. The first-order valence-corrected chi connectivity index (χ1v) is 8.59. The van der Waals surface area contributed by atoms with Gasteiger partial charge >= 0.3 is 5.97 Å². The fraction of sp³-hybridized carbons (Fsp3) is 0.632. The van der Waals surface area contributed by atoms with Crippen molar-refractivity contribution in [3.63, 3.8) is 0 Å². The van der Waals surface area contributed by atoms with Gasteiger partial charge in [-0.1, -0.05) is 44.7 Å². The number of carbonyl (C=O) groups is 1. The molecular weight excluding hydrogens is 276 g/mol. The van der Waals surface area contributed by atoms with Crippen LogP contribution in [0.3, 0.4) is 0 Å². The van der Waals surface area contributed by atoms with Crippen molar-refractivity contribution in [2.45, 2.75) is 70.3 Å². The number of unbranched alkanes of at least 4 members (excludes halogenated alkanes) is 4. The standard InChI is InChI=1S/C19H28O3/c1-3-4-5-6-7-8-17-13-14-18(19(20)22-17)15-9-11-16(21-2)12-10-15/h9-12,17-18H,3-8,13-14H2,1-2H3. The molecule has 0 saturated carbocycles. The van der Waals surface area contributed by atoms with Crippen LogP contribution in [0.25, 0.3) is 0 Å². The van der Waals surface area contributed by atoms with Crippen LogP contribution in [0.15, 0.2) is 24.3 Å². The maximum absolute atomic E-state index is 12.2. The van der Waals surface area contributed by atoms with Gasteiger partial charge in [0.1, 0.15) is 11.9 Å². The van der Waals surface area contributed by atoms with Crippen LogP contribution in [-0.4, -0.2) is 19.2 Å². The monoisotopic (exact) mass is 304 g/mol. The highest BCUT2D eigenvalue weighted by Crippen LogP contribution is 2.32. The van der Waals surface area contributed by atoms with Gasteiger partial charge in [0.15, 0.2) is 0 Å². The maximum atomic E-state index is 12.2. The molecule has 1 aromatic rings. The lowest BCUT2D eigenvalue weighted by Crippen LogP contribution is -2.29. The van der Waals surface area contributed by atoms with Crippen molar-refractivity contribution in [3.8, 4) is 5.75 Å². The molecule has 2 unspecified atom stereocenters. The van der Waals surface area contributed by atoms with E-state index >= 15 is 0 Å². The Balaban J connectivity index is 1.78. The van der Waals surface area contributed by atoms with Crippen molar-refractivity contribution in [1.82, 2.24) is 0 Å². The van der Waals surface area contributed by atoms with Gasteiger partial charge in [-0.15, -0.1) is 0 Å². The Morgan fingerprint density at radius 2 is 1.82 bits per heavy atom. The van der Waals surface area contributed by atoms with Crippen LogP contribution in [0.1, 0.15) is 69.8 Å². The molecule has 3 heteroatoms. The molecule has 2 atom stereocenters. The lowest BCUT2D eigenvalue weighted by Gasteiger charge is -2.28. The van der Waals surface area contributed by atoms with E-state index in [9.17, 15) is 4.79 Å². The summed E-state index contributed by atoms with van der Waals surface area (Å²) in [5, 5.41) is 0. The fourth-order valence-corrected chi connectivity index (χ4v) is 3.09. The number of rotatable bonds is 8. The Morgan fingerprint density at radius 3 is 2.45 bits per heavy atom. The molecular formula is C19H28O3. The van der Waals surface area contributed by atoms with E-state index in [-0.39, 0.29) is 18.0 Å². The van der Waals surface area contributed by atoms with E-state index in [2.05, 4.69) is 6.92 Å². The van der Waals surface area contributed by atoms with Crippen molar-refractivity contribution in [2.75, 3.05) is 7.11 Å². The summed E-state index contributed by atoms with van der Waals surface area (Å²) in [4.78, 5) is 12.2. The number of carbonyl (C=O) groups excluding carboxylic acids is 1. The van der Waals surface area contributed by atoms with Crippen molar-refractivity contribution < 1.29 is 14.3 Å². The molecule has 2 rings (SSSR count). The first-order chi connectivity index (χ1) is 10.7. The zero-order valence-corrected chi connectivity index (χ0v) is 13.8. The first-order valence-electron chi connectivity index (χ1n) is 8.59. The predicted molar refractivity (Wildman–Crippen MR) is 88.2 cm³/mol. The van der Waals surface area contributed by atoms with E-state index < -0.39 is 0 Å². The highest BCUT2D eigenvalue weighted by molar-refractivity contribution is 5.79. The maximum Gasteiger partial charge on any atom is 0.313 e. The first kappa shape index (κ1) is 16.9. The van der Waals surface area contributed by atoms with Gasteiger partial charge in [0.25, 0.3) is 0 Å². The second kappa shape index (κ2) is 8.82. The van der Waals surface area contributed by atoms with Crippen molar-refractivity contribution >= 4 is 5.97 Å². The predicted octanol–water partition coefficient (Wildman–Crippen LogP) is 4.84. The van der Waals surface area contributed by atoms with Crippen LogP contribution < -0.4 is 4.74 Å². The topological polar surface area (TPSA) is 35.5 Å². The lowest BCUT2D eigenvalue weighted by molar-refractivity contribution is -0.156. The summed E-state index contributed by atoms with van der Waals surface area (Å²) >= 11 is 0. The van der Waals surface area contributed by atoms with E-state index in [1.165, 1.54) is 32.1 Å². The molecule has 1 aliphatic rings. The van der Waals surface area contributed by atoms with E-state index in [4.69, 9.17) is 9.47 Å². The summed E-state index contributed by atoms with van der Waals surface area (Å²) < 4.78 is 10.8. The molecule has 1 heterocycles. The Labute approximate surface area is 134 Å². The second-order valence-corrected chi connectivity index (χ2v) is 6.16. The molecule has 0 amide bonds. The average Bonchev–Trinajstić information content (AvgIpc) is 2.55. The number of ether oxygens (including phenoxy) is 2. The third-order valence-corrected chi connectivity index (χ3v) is 4.49. The number of esters is 1. The van der Waals surface area contributed by atoms with Crippen molar-refractivity contribution in [1.29, 1.82) is 0 Å². The van der Waals surface area contributed by atoms with E-state index in [1.54, 1.807) is 7.11 Å². The summed E-state index contributed by atoms with van der Waals surface area (Å²) in [6, 6.07) is 7.75. The molecule has 0 aliphatic carbocycles. The highest BCUT2D eigenvalue weighted by atomic mass is 16.5. The van der Waals surface area contributed by atoms with Crippen LogP contribution in [0.4, 0.5) is 0 Å². The van der Waals surface area contributed by atoms with Gasteiger partial charge in [-0.2, -0.15) is 0 Å². The lowest BCUT2D eigenvalue weighted by atomic mass is 9.89. The molecule has 1 aliphatic heterocycles. The van der Waals surface area contributed by atoms with E-state index in [0.717, 1.165) is 30.6 Å². The van der Waals surface area contributed by atoms with Crippen molar-refractivity contribution in [3.05, 3.63) is 29.8 Å². The van der Waals surface area contributed by atoms with Gasteiger partial charge in [0.2, 0.25) is 0 Å². The quantitative estimate of drug-likeness (QED) is 0.509. The molecule has 1 saturated heterocycles.